The Kier molecular flexibility index (Phi) is 3.89. The molecule has 0 saturated carbocycles. The van der Waals surface area contributed by atoms with Crippen molar-refractivity contribution in [2.45, 2.75) is 19.0 Å². The van der Waals surface area contributed by atoms with Crippen LogP contribution in [0.15, 0.2) is 60.2 Å². The molecule has 0 aliphatic carbocycles. The quantitative estimate of drug-likeness (QED) is 0.618. The predicted octanol–water partition coefficient (Wildman–Crippen LogP) is 3.34. The minimum Gasteiger partial charge on any atom is -0.363 e. The lowest BCUT2D eigenvalue weighted by Crippen LogP contribution is -2.47. The number of likely N-dealkylation sites (N-methyl/N-ethyl adjacent to an activating group) is 1. The van der Waals surface area contributed by atoms with Gasteiger partial charge in [-0.25, -0.2) is 0 Å². The number of para-hydroxylation sites is 1. The molecule has 0 aromatic heterocycles. The van der Waals surface area contributed by atoms with E-state index in [0.29, 0.717) is 5.69 Å². The number of fused-ring (bicyclic) bond motifs is 3. The molecule has 2 aliphatic rings. The first-order valence-corrected chi connectivity index (χ1v) is 8.62. The van der Waals surface area contributed by atoms with Gasteiger partial charge in [0.1, 0.15) is 11.6 Å². The van der Waals surface area contributed by atoms with Gasteiger partial charge in [0.05, 0.1) is 17.0 Å². The van der Waals surface area contributed by atoms with Crippen molar-refractivity contribution in [2.75, 3.05) is 16.3 Å². The minimum atomic E-state index is -0.477. The highest BCUT2D eigenvalue weighted by atomic mass is 16.6. The minimum absolute atomic E-state index is 0.0437. The largest absolute Gasteiger partial charge is 0.363 e. The fourth-order valence-electron chi connectivity index (χ4n) is 3.96. The molecule has 7 nitrogen and oxygen atoms in total. The maximum absolute atomic E-state index is 13.0. The average molecular weight is 360 g/mol. The molecule has 0 N–H and O–H groups in total. The zero-order chi connectivity index (χ0) is 19.1. The van der Waals surface area contributed by atoms with Crippen LogP contribution < -0.4 is 9.80 Å². The summed E-state index contributed by atoms with van der Waals surface area (Å²) in [6, 6.07) is 15.3. The molecule has 0 saturated heterocycles. The van der Waals surface area contributed by atoms with Gasteiger partial charge in [0.25, 0.3) is 11.6 Å². The van der Waals surface area contributed by atoms with Crippen LogP contribution in [0.25, 0.3) is 0 Å². The van der Waals surface area contributed by atoms with Gasteiger partial charge in [-0.2, -0.15) is 5.26 Å². The number of rotatable bonds is 3. The number of amides is 1. The third-order valence-corrected chi connectivity index (χ3v) is 5.11. The summed E-state index contributed by atoms with van der Waals surface area (Å²) in [5, 5.41) is 20.4. The molecule has 2 aromatic rings. The molecule has 2 aliphatic heterocycles. The molecule has 27 heavy (non-hydrogen) atoms. The number of carbonyl (C=O) groups is 1. The summed E-state index contributed by atoms with van der Waals surface area (Å²) in [6.07, 6.45) is 1.73. The highest BCUT2D eigenvalue weighted by molar-refractivity contribution is 6.10. The van der Waals surface area contributed by atoms with E-state index in [1.807, 2.05) is 37.3 Å². The van der Waals surface area contributed by atoms with Crippen molar-refractivity contribution in [1.82, 2.24) is 0 Å². The molecule has 134 valence electrons. The zero-order valence-corrected chi connectivity index (χ0v) is 14.6. The Labute approximate surface area is 155 Å². The molecule has 0 radical (unpaired) electrons. The summed E-state index contributed by atoms with van der Waals surface area (Å²) in [5.41, 5.74) is 2.61. The summed E-state index contributed by atoms with van der Waals surface area (Å²) >= 11 is 0. The Morgan fingerprint density at radius 3 is 2.52 bits per heavy atom. The molecule has 4 rings (SSSR count). The van der Waals surface area contributed by atoms with E-state index in [4.69, 9.17) is 0 Å². The van der Waals surface area contributed by atoms with Crippen LogP contribution in [0.4, 0.5) is 17.1 Å². The molecule has 2 unspecified atom stereocenters. The molecule has 0 bridgehead atoms. The SMILES string of the molecule is CCN1c2ccccc2C2C1C=C(C#N)C(=O)N2c1ccc([N+](=O)[O-])cc1. The number of nitro benzene ring substituents is 1. The lowest BCUT2D eigenvalue weighted by Gasteiger charge is -2.38. The fraction of sp³-hybridized carbons (Fsp3) is 0.200. The number of hydrogen-bond acceptors (Lipinski definition) is 5. The summed E-state index contributed by atoms with van der Waals surface area (Å²) in [4.78, 5) is 27.2. The molecule has 2 atom stereocenters. The summed E-state index contributed by atoms with van der Waals surface area (Å²) in [6.45, 7) is 2.77. The molecule has 0 spiro atoms. The van der Waals surface area contributed by atoms with Crippen LogP contribution in [0, 0.1) is 21.4 Å². The molecule has 0 fully saturated rings. The lowest BCUT2D eigenvalue weighted by molar-refractivity contribution is -0.384. The van der Waals surface area contributed by atoms with E-state index < -0.39 is 4.92 Å². The van der Waals surface area contributed by atoms with Crippen molar-refractivity contribution >= 4 is 23.0 Å². The molecular weight excluding hydrogens is 344 g/mol. The Morgan fingerprint density at radius 2 is 1.89 bits per heavy atom. The van der Waals surface area contributed by atoms with Gasteiger partial charge >= 0.3 is 0 Å². The number of benzene rings is 2. The topological polar surface area (TPSA) is 90.5 Å². The standard InChI is InChI=1S/C20H16N4O3/c1-2-22-17-6-4-3-5-16(17)19-18(22)11-13(12-21)20(25)23(19)14-7-9-15(10-8-14)24(26)27/h3-11,18-19H,2H2,1H3. The number of hydrogen-bond donors (Lipinski definition) is 0. The van der Waals surface area contributed by atoms with Gasteiger partial charge in [-0.3, -0.25) is 19.8 Å². The number of nitrogens with zero attached hydrogens (tertiary/aromatic N) is 4. The summed E-state index contributed by atoms with van der Waals surface area (Å²) in [5.74, 6) is -0.389. The first kappa shape index (κ1) is 16.8. The Balaban J connectivity index is 1.88. The smallest absolute Gasteiger partial charge is 0.269 e. The third kappa shape index (κ3) is 2.46. The Bertz CT molecular complexity index is 1010. The summed E-state index contributed by atoms with van der Waals surface area (Å²) < 4.78 is 0. The van der Waals surface area contributed by atoms with Crippen LogP contribution in [-0.2, 0) is 4.79 Å². The molecule has 7 heteroatoms. The van der Waals surface area contributed by atoms with E-state index in [-0.39, 0.29) is 29.3 Å². The van der Waals surface area contributed by atoms with E-state index in [0.717, 1.165) is 17.8 Å². The zero-order valence-electron chi connectivity index (χ0n) is 14.6. The Morgan fingerprint density at radius 1 is 1.19 bits per heavy atom. The van der Waals surface area contributed by atoms with Gasteiger partial charge in [-0.1, -0.05) is 18.2 Å². The second-order valence-electron chi connectivity index (χ2n) is 6.42. The Hall–Kier alpha value is -3.66. The van der Waals surface area contributed by atoms with Gasteiger partial charge in [-0.05, 0) is 31.2 Å². The van der Waals surface area contributed by atoms with Gasteiger partial charge in [0.2, 0.25) is 0 Å². The van der Waals surface area contributed by atoms with Gasteiger partial charge in [0, 0.05) is 35.6 Å². The fourth-order valence-corrected chi connectivity index (χ4v) is 3.96. The van der Waals surface area contributed by atoms with Crippen molar-refractivity contribution in [2.24, 2.45) is 0 Å². The monoisotopic (exact) mass is 360 g/mol. The first-order valence-electron chi connectivity index (χ1n) is 8.62. The number of anilines is 2. The number of nitriles is 1. The number of carbonyl (C=O) groups excluding carboxylic acids is 1. The molecule has 2 heterocycles. The van der Waals surface area contributed by atoms with Crippen LogP contribution in [0.3, 0.4) is 0 Å². The maximum Gasteiger partial charge on any atom is 0.269 e. The third-order valence-electron chi connectivity index (χ3n) is 5.11. The maximum atomic E-state index is 13.0. The van der Waals surface area contributed by atoms with Crippen molar-refractivity contribution in [3.63, 3.8) is 0 Å². The van der Waals surface area contributed by atoms with Crippen LogP contribution in [0.5, 0.6) is 0 Å². The highest BCUT2D eigenvalue weighted by Gasteiger charge is 2.46. The average Bonchev–Trinajstić information content (AvgIpc) is 3.00. The van der Waals surface area contributed by atoms with Crippen molar-refractivity contribution in [3.05, 3.63) is 75.9 Å². The van der Waals surface area contributed by atoms with Crippen molar-refractivity contribution < 1.29 is 9.72 Å². The second kappa shape index (κ2) is 6.25. The predicted molar refractivity (Wildman–Crippen MR) is 100 cm³/mol. The van der Waals surface area contributed by atoms with Crippen LogP contribution in [0.2, 0.25) is 0 Å². The number of nitro groups is 1. The summed E-state index contributed by atoms with van der Waals surface area (Å²) in [7, 11) is 0. The van der Waals surface area contributed by atoms with Crippen LogP contribution in [-0.4, -0.2) is 23.4 Å². The molecule has 2 aromatic carbocycles. The normalized spacial score (nSPS) is 20.6. The first-order chi connectivity index (χ1) is 13.1. The van der Waals surface area contributed by atoms with Crippen LogP contribution >= 0.6 is 0 Å². The van der Waals surface area contributed by atoms with Crippen molar-refractivity contribution in [3.8, 4) is 6.07 Å². The molecule has 1 amide bonds. The number of non-ortho nitro benzene ring substituents is 1. The van der Waals surface area contributed by atoms with E-state index >= 15 is 0 Å². The van der Waals surface area contributed by atoms with E-state index in [1.54, 1.807) is 23.1 Å². The molecular formula is C20H16N4O3. The van der Waals surface area contributed by atoms with E-state index in [2.05, 4.69) is 4.90 Å². The lowest BCUT2D eigenvalue weighted by atomic mass is 9.93. The highest BCUT2D eigenvalue weighted by Crippen LogP contribution is 2.47. The van der Waals surface area contributed by atoms with E-state index in [1.165, 1.54) is 12.1 Å². The second-order valence-corrected chi connectivity index (χ2v) is 6.42. The van der Waals surface area contributed by atoms with E-state index in [9.17, 15) is 20.2 Å². The van der Waals surface area contributed by atoms with Gasteiger partial charge < -0.3 is 4.90 Å². The van der Waals surface area contributed by atoms with Gasteiger partial charge in [0.15, 0.2) is 0 Å². The van der Waals surface area contributed by atoms with Gasteiger partial charge in [-0.15, -0.1) is 0 Å². The van der Waals surface area contributed by atoms with Crippen molar-refractivity contribution in [1.29, 1.82) is 5.26 Å². The van der Waals surface area contributed by atoms with Crippen LogP contribution in [0.1, 0.15) is 18.5 Å².